The molecule has 1 unspecified atom stereocenters. The lowest BCUT2D eigenvalue weighted by Crippen LogP contribution is -2.04. The quantitative estimate of drug-likeness (QED) is 0.401. The van der Waals surface area contributed by atoms with Gasteiger partial charge in [0.2, 0.25) is 0 Å². The first kappa shape index (κ1) is 15.1. The second-order valence-electron chi connectivity index (χ2n) is 5.96. The molecule has 0 aromatic heterocycles. The Kier molecular flexibility index (Phi) is 6.43. The molecule has 0 heterocycles. The van der Waals surface area contributed by atoms with Crippen molar-refractivity contribution in [3.8, 4) is 0 Å². The summed E-state index contributed by atoms with van der Waals surface area (Å²) >= 11 is 3.84. The molecule has 0 aliphatic heterocycles. The van der Waals surface area contributed by atoms with E-state index in [1.54, 1.807) is 5.56 Å². The smallest absolute Gasteiger partial charge is 0.0395 e. The molecule has 106 valence electrons. The van der Waals surface area contributed by atoms with E-state index in [1.807, 2.05) is 0 Å². The van der Waals surface area contributed by atoms with Crippen LogP contribution in [0.1, 0.15) is 86.6 Å². The standard InChI is InChI=1S/C18H27Br/c1-2-3-5-10-18(19)17-13-11-16(12-14-17)15-8-6-4-7-9-15/h11-15,18H,2-10H2,1H3. The lowest BCUT2D eigenvalue weighted by molar-refractivity contribution is 0.443. The highest BCUT2D eigenvalue weighted by Gasteiger charge is 2.15. The molecule has 19 heavy (non-hydrogen) atoms. The molecule has 0 bridgehead atoms. The largest absolute Gasteiger partial charge is 0.0839 e. The van der Waals surface area contributed by atoms with Gasteiger partial charge in [-0.2, -0.15) is 0 Å². The van der Waals surface area contributed by atoms with E-state index in [-0.39, 0.29) is 0 Å². The van der Waals surface area contributed by atoms with Gasteiger partial charge in [-0.25, -0.2) is 0 Å². The van der Waals surface area contributed by atoms with Crippen molar-refractivity contribution in [3.05, 3.63) is 35.4 Å². The molecular weight excluding hydrogens is 296 g/mol. The third kappa shape index (κ3) is 4.63. The molecule has 0 radical (unpaired) electrons. The van der Waals surface area contributed by atoms with E-state index in [2.05, 4.69) is 47.1 Å². The Bertz CT molecular complexity index is 348. The van der Waals surface area contributed by atoms with Crippen LogP contribution < -0.4 is 0 Å². The van der Waals surface area contributed by atoms with Gasteiger partial charge in [0.25, 0.3) is 0 Å². The highest BCUT2D eigenvalue weighted by atomic mass is 79.9. The van der Waals surface area contributed by atoms with Crippen molar-refractivity contribution in [2.45, 2.75) is 75.5 Å². The number of benzene rings is 1. The van der Waals surface area contributed by atoms with Crippen LogP contribution in [0.25, 0.3) is 0 Å². The number of hydrogen-bond donors (Lipinski definition) is 0. The summed E-state index contributed by atoms with van der Waals surface area (Å²) in [5, 5.41) is 0. The molecule has 0 spiro atoms. The molecule has 1 aliphatic carbocycles. The second kappa shape index (κ2) is 8.09. The first-order valence-corrected chi connectivity index (χ1v) is 8.96. The molecule has 1 saturated carbocycles. The predicted molar refractivity (Wildman–Crippen MR) is 88.1 cm³/mol. The molecule has 0 saturated heterocycles. The van der Waals surface area contributed by atoms with Gasteiger partial charge in [0, 0.05) is 4.83 Å². The Labute approximate surface area is 127 Å². The summed E-state index contributed by atoms with van der Waals surface area (Å²) in [4.78, 5) is 0.541. The maximum atomic E-state index is 3.84. The van der Waals surface area contributed by atoms with Crippen LogP contribution in [-0.2, 0) is 0 Å². The average molecular weight is 323 g/mol. The van der Waals surface area contributed by atoms with Gasteiger partial charge < -0.3 is 0 Å². The van der Waals surface area contributed by atoms with Gasteiger partial charge in [0.1, 0.15) is 0 Å². The monoisotopic (exact) mass is 322 g/mol. The fraction of sp³-hybridized carbons (Fsp3) is 0.667. The predicted octanol–water partition coefficient (Wildman–Crippen LogP) is 6.75. The van der Waals surface area contributed by atoms with Crippen LogP contribution in [0.3, 0.4) is 0 Å². The topological polar surface area (TPSA) is 0 Å². The van der Waals surface area contributed by atoms with Crippen LogP contribution in [-0.4, -0.2) is 0 Å². The molecule has 1 fully saturated rings. The molecule has 1 aliphatic rings. The minimum atomic E-state index is 0.541. The number of halogens is 1. The summed E-state index contributed by atoms with van der Waals surface area (Å²) in [7, 11) is 0. The minimum absolute atomic E-state index is 0.541. The van der Waals surface area contributed by atoms with Crippen molar-refractivity contribution in [2.24, 2.45) is 0 Å². The zero-order chi connectivity index (χ0) is 13.5. The summed E-state index contributed by atoms with van der Waals surface area (Å²) in [6.45, 7) is 2.27. The van der Waals surface area contributed by atoms with Crippen molar-refractivity contribution in [2.75, 3.05) is 0 Å². The average Bonchev–Trinajstić information content (AvgIpc) is 2.48. The van der Waals surface area contributed by atoms with E-state index in [1.165, 1.54) is 63.4 Å². The SMILES string of the molecule is CCCCCC(Br)c1ccc(C2CCCCC2)cc1. The summed E-state index contributed by atoms with van der Waals surface area (Å²) in [6, 6.07) is 9.43. The number of hydrogen-bond acceptors (Lipinski definition) is 0. The fourth-order valence-corrected chi connectivity index (χ4v) is 3.78. The molecule has 1 aromatic carbocycles. The van der Waals surface area contributed by atoms with E-state index in [0.717, 1.165) is 5.92 Å². The van der Waals surface area contributed by atoms with E-state index in [9.17, 15) is 0 Å². The highest BCUT2D eigenvalue weighted by Crippen LogP contribution is 2.34. The molecule has 0 N–H and O–H groups in total. The Morgan fingerprint density at radius 1 is 1.05 bits per heavy atom. The van der Waals surface area contributed by atoms with Crippen LogP contribution in [0.15, 0.2) is 24.3 Å². The second-order valence-corrected chi connectivity index (χ2v) is 7.07. The third-order valence-corrected chi connectivity index (χ3v) is 5.42. The van der Waals surface area contributed by atoms with Crippen LogP contribution >= 0.6 is 15.9 Å². The van der Waals surface area contributed by atoms with Crippen molar-refractivity contribution in [3.63, 3.8) is 0 Å². The van der Waals surface area contributed by atoms with Gasteiger partial charge in [0.05, 0.1) is 0 Å². The Morgan fingerprint density at radius 3 is 2.37 bits per heavy atom. The van der Waals surface area contributed by atoms with Crippen molar-refractivity contribution >= 4 is 15.9 Å². The number of unbranched alkanes of at least 4 members (excludes halogenated alkanes) is 2. The van der Waals surface area contributed by atoms with Gasteiger partial charge in [-0.15, -0.1) is 0 Å². The molecule has 0 nitrogen and oxygen atoms in total. The first-order chi connectivity index (χ1) is 9.31. The van der Waals surface area contributed by atoms with Gasteiger partial charge in [-0.05, 0) is 36.3 Å². The third-order valence-electron chi connectivity index (χ3n) is 4.44. The maximum Gasteiger partial charge on any atom is 0.0395 e. The zero-order valence-corrected chi connectivity index (χ0v) is 13.8. The summed E-state index contributed by atoms with van der Waals surface area (Å²) in [5.41, 5.74) is 3.02. The molecule has 1 atom stereocenters. The molecule has 1 heteroatoms. The minimum Gasteiger partial charge on any atom is -0.0839 e. The normalized spacial score (nSPS) is 18.4. The summed E-state index contributed by atoms with van der Waals surface area (Å²) < 4.78 is 0. The van der Waals surface area contributed by atoms with E-state index < -0.39 is 0 Å². The number of alkyl halides is 1. The van der Waals surface area contributed by atoms with Crippen LogP contribution in [0.2, 0.25) is 0 Å². The lowest BCUT2D eigenvalue weighted by Gasteiger charge is -2.22. The Balaban J connectivity index is 1.89. The molecule has 0 amide bonds. The zero-order valence-electron chi connectivity index (χ0n) is 12.2. The maximum absolute atomic E-state index is 3.84. The van der Waals surface area contributed by atoms with Crippen LogP contribution in [0.4, 0.5) is 0 Å². The fourth-order valence-electron chi connectivity index (χ4n) is 3.15. The van der Waals surface area contributed by atoms with Gasteiger partial charge in [-0.3, -0.25) is 0 Å². The highest BCUT2D eigenvalue weighted by molar-refractivity contribution is 9.09. The van der Waals surface area contributed by atoms with Gasteiger partial charge in [0.15, 0.2) is 0 Å². The summed E-state index contributed by atoms with van der Waals surface area (Å²) in [6.07, 6.45) is 12.3. The van der Waals surface area contributed by atoms with E-state index in [0.29, 0.717) is 4.83 Å². The summed E-state index contributed by atoms with van der Waals surface area (Å²) in [5.74, 6) is 0.830. The van der Waals surface area contributed by atoms with Crippen molar-refractivity contribution < 1.29 is 0 Å². The van der Waals surface area contributed by atoms with Crippen LogP contribution in [0.5, 0.6) is 0 Å². The molecule has 1 aromatic rings. The van der Waals surface area contributed by atoms with E-state index in [4.69, 9.17) is 0 Å². The van der Waals surface area contributed by atoms with Crippen molar-refractivity contribution in [1.82, 2.24) is 0 Å². The lowest BCUT2D eigenvalue weighted by atomic mass is 9.84. The molecular formula is C18H27Br. The number of rotatable bonds is 6. The first-order valence-electron chi connectivity index (χ1n) is 8.05. The van der Waals surface area contributed by atoms with E-state index >= 15 is 0 Å². The Hall–Kier alpha value is -0.300. The van der Waals surface area contributed by atoms with Gasteiger partial charge >= 0.3 is 0 Å². The van der Waals surface area contributed by atoms with Crippen LogP contribution in [0, 0.1) is 0 Å². The van der Waals surface area contributed by atoms with Gasteiger partial charge in [-0.1, -0.05) is 85.6 Å². The van der Waals surface area contributed by atoms with Crippen molar-refractivity contribution in [1.29, 1.82) is 0 Å². The Morgan fingerprint density at radius 2 is 1.74 bits per heavy atom. The molecule has 2 rings (SSSR count).